The molecule has 0 radical (unpaired) electrons. The molecule has 0 spiro atoms. The number of methoxy groups -OCH3 is 4. The number of carbonyl (C=O) groups is 2. The fraction of sp³-hybridized carbons (Fsp3) is 0.238. The molecule has 8 heteroatoms. The van der Waals surface area contributed by atoms with Gasteiger partial charge in [-0.1, -0.05) is 11.6 Å². The zero-order valence-corrected chi connectivity index (χ0v) is 17.2. The van der Waals surface area contributed by atoms with Crippen LogP contribution in [0.4, 0.5) is 0 Å². The van der Waals surface area contributed by atoms with E-state index in [1.165, 1.54) is 46.7 Å². The number of ketones is 1. The molecule has 0 heterocycles. The van der Waals surface area contributed by atoms with Crippen molar-refractivity contribution in [3.05, 3.63) is 52.6 Å². The van der Waals surface area contributed by atoms with Crippen molar-refractivity contribution in [3.63, 3.8) is 0 Å². The second-order valence-electron chi connectivity index (χ2n) is 5.67. The standard InChI is InChI=1S/C21H21ClO7/c1-25-17-7-6-14(11-18(17)26-2)16(23)12-29-20(24)8-5-13-9-15(22)21(28-4)19(10-13)27-3/h5-11H,12H2,1-4H3/b8-5+. The van der Waals surface area contributed by atoms with Gasteiger partial charge < -0.3 is 23.7 Å². The van der Waals surface area contributed by atoms with E-state index in [1.807, 2.05) is 0 Å². The molecule has 0 atom stereocenters. The molecular weight excluding hydrogens is 400 g/mol. The number of hydrogen-bond donors (Lipinski definition) is 0. The molecule has 0 saturated carbocycles. The van der Waals surface area contributed by atoms with Crippen LogP contribution in [0.1, 0.15) is 15.9 Å². The Morgan fingerprint density at radius 1 is 0.897 bits per heavy atom. The second-order valence-corrected chi connectivity index (χ2v) is 6.08. The summed E-state index contributed by atoms with van der Waals surface area (Å²) < 4.78 is 25.7. The molecule has 0 aromatic heterocycles. The molecule has 0 aliphatic heterocycles. The van der Waals surface area contributed by atoms with Crippen LogP contribution in [0.2, 0.25) is 5.02 Å². The first-order valence-corrected chi connectivity index (χ1v) is 8.82. The number of halogens is 1. The summed E-state index contributed by atoms with van der Waals surface area (Å²) in [4.78, 5) is 24.2. The molecule has 2 aromatic rings. The highest BCUT2D eigenvalue weighted by Crippen LogP contribution is 2.36. The van der Waals surface area contributed by atoms with Crippen molar-refractivity contribution in [1.29, 1.82) is 0 Å². The van der Waals surface area contributed by atoms with Crippen molar-refractivity contribution in [3.8, 4) is 23.0 Å². The molecule has 0 saturated heterocycles. The number of carbonyl (C=O) groups excluding carboxylic acids is 2. The van der Waals surface area contributed by atoms with Gasteiger partial charge in [0.05, 0.1) is 33.5 Å². The minimum Gasteiger partial charge on any atom is -0.493 e. The quantitative estimate of drug-likeness (QED) is 0.346. The molecule has 29 heavy (non-hydrogen) atoms. The van der Waals surface area contributed by atoms with Crippen LogP contribution in [0.5, 0.6) is 23.0 Å². The number of rotatable bonds is 9. The van der Waals surface area contributed by atoms with Crippen LogP contribution in [0.3, 0.4) is 0 Å². The molecular formula is C21H21ClO7. The van der Waals surface area contributed by atoms with Gasteiger partial charge in [0.15, 0.2) is 35.4 Å². The largest absolute Gasteiger partial charge is 0.493 e. The topological polar surface area (TPSA) is 80.3 Å². The zero-order valence-electron chi connectivity index (χ0n) is 16.5. The molecule has 0 aliphatic rings. The van der Waals surface area contributed by atoms with Crippen LogP contribution in [0, 0.1) is 0 Å². The van der Waals surface area contributed by atoms with Gasteiger partial charge in [-0.25, -0.2) is 4.79 Å². The lowest BCUT2D eigenvalue weighted by Crippen LogP contribution is -2.12. The van der Waals surface area contributed by atoms with Gasteiger partial charge in [-0.3, -0.25) is 4.79 Å². The Morgan fingerprint density at radius 2 is 1.59 bits per heavy atom. The first-order valence-electron chi connectivity index (χ1n) is 8.45. The average Bonchev–Trinajstić information content (AvgIpc) is 2.74. The maximum Gasteiger partial charge on any atom is 0.331 e. The molecule has 0 N–H and O–H groups in total. The van der Waals surface area contributed by atoms with E-state index in [0.29, 0.717) is 39.1 Å². The normalized spacial score (nSPS) is 10.5. The Labute approximate surface area is 173 Å². The highest BCUT2D eigenvalue weighted by atomic mass is 35.5. The predicted octanol–water partition coefficient (Wildman–Crippen LogP) is 3.81. The summed E-state index contributed by atoms with van der Waals surface area (Å²) in [7, 11) is 5.93. The van der Waals surface area contributed by atoms with E-state index < -0.39 is 12.6 Å². The molecule has 154 valence electrons. The lowest BCUT2D eigenvalue weighted by molar-refractivity contribution is -0.136. The van der Waals surface area contributed by atoms with Crippen LogP contribution < -0.4 is 18.9 Å². The van der Waals surface area contributed by atoms with Gasteiger partial charge in [-0.05, 0) is 42.0 Å². The van der Waals surface area contributed by atoms with E-state index >= 15 is 0 Å². The predicted molar refractivity (Wildman–Crippen MR) is 108 cm³/mol. The summed E-state index contributed by atoms with van der Waals surface area (Å²) in [6.45, 7) is -0.411. The summed E-state index contributed by atoms with van der Waals surface area (Å²) in [6.07, 6.45) is 2.69. The highest BCUT2D eigenvalue weighted by molar-refractivity contribution is 6.32. The van der Waals surface area contributed by atoms with Gasteiger partial charge >= 0.3 is 5.97 Å². The van der Waals surface area contributed by atoms with Crippen LogP contribution in [-0.2, 0) is 9.53 Å². The fourth-order valence-corrected chi connectivity index (χ4v) is 2.77. The molecule has 0 amide bonds. The minimum atomic E-state index is -0.676. The van der Waals surface area contributed by atoms with Gasteiger partial charge in [0, 0.05) is 11.6 Å². The van der Waals surface area contributed by atoms with E-state index in [2.05, 4.69) is 0 Å². The molecule has 0 unspecified atom stereocenters. The van der Waals surface area contributed by atoms with Crippen LogP contribution in [-0.4, -0.2) is 46.8 Å². The van der Waals surface area contributed by atoms with Crippen molar-refractivity contribution < 1.29 is 33.3 Å². The molecule has 0 fully saturated rings. The summed E-state index contributed by atoms with van der Waals surface area (Å²) in [6, 6.07) is 7.97. The van der Waals surface area contributed by atoms with Crippen LogP contribution in [0.25, 0.3) is 6.08 Å². The summed E-state index contributed by atoms with van der Waals surface area (Å²) in [5.41, 5.74) is 0.946. The number of benzene rings is 2. The van der Waals surface area contributed by atoms with E-state index in [9.17, 15) is 9.59 Å². The first-order chi connectivity index (χ1) is 13.9. The second kappa shape index (κ2) is 10.4. The van der Waals surface area contributed by atoms with E-state index in [0.717, 1.165) is 0 Å². The lowest BCUT2D eigenvalue weighted by atomic mass is 10.1. The summed E-state index contributed by atoms with van der Waals surface area (Å²) in [5, 5.41) is 0.337. The molecule has 2 aromatic carbocycles. The minimum absolute atomic E-state index is 0.337. The molecule has 2 rings (SSSR count). The Kier molecular flexibility index (Phi) is 7.91. The lowest BCUT2D eigenvalue weighted by Gasteiger charge is -2.10. The third kappa shape index (κ3) is 5.65. The van der Waals surface area contributed by atoms with Gasteiger partial charge in [0.1, 0.15) is 0 Å². The zero-order chi connectivity index (χ0) is 21.4. The Morgan fingerprint density at radius 3 is 2.21 bits per heavy atom. The van der Waals surface area contributed by atoms with Gasteiger partial charge in [-0.2, -0.15) is 0 Å². The van der Waals surface area contributed by atoms with Gasteiger partial charge in [0.2, 0.25) is 0 Å². The number of esters is 1. The van der Waals surface area contributed by atoms with E-state index in [1.54, 1.807) is 24.3 Å². The van der Waals surface area contributed by atoms with Crippen molar-refractivity contribution in [2.45, 2.75) is 0 Å². The van der Waals surface area contributed by atoms with Gasteiger partial charge in [0.25, 0.3) is 0 Å². The third-order valence-electron chi connectivity index (χ3n) is 3.92. The fourth-order valence-electron chi connectivity index (χ4n) is 2.48. The Bertz CT molecular complexity index is 921. The van der Waals surface area contributed by atoms with Crippen molar-refractivity contribution in [2.75, 3.05) is 35.0 Å². The summed E-state index contributed by atoms with van der Waals surface area (Å²) >= 11 is 6.13. The Balaban J connectivity index is 2.01. The highest BCUT2D eigenvalue weighted by Gasteiger charge is 2.13. The van der Waals surface area contributed by atoms with Crippen LogP contribution in [0.15, 0.2) is 36.4 Å². The number of ether oxygens (including phenoxy) is 5. The maximum atomic E-state index is 12.2. The molecule has 0 bridgehead atoms. The molecule has 7 nitrogen and oxygen atoms in total. The first kappa shape index (κ1) is 22.1. The van der Waals surface area contributed by atoms with Crippen molar-refractivity contribution in [1.82, 2.24) is 0 Å². The monoisotopic (exact) mass is 420 g/mol. The van der Waals surface area contributed by atoms with E-state index in [4.69, 9.17) is 35.3 Å². The molecule has 0 aliphatic carbocycles. The third-order valence-corrected chi connectivity index (χ3v) is 4.20. The van der Waals surface area contributed by atoms with Crippen LogP contribution >= 0.6 is 11.6 Å². The average molecular weight is 421 g/mol. The summed E-state index contributed by atoms with van der Waals surface area (Å²) in [5.74, 6) is 0.685. The smallest absolute Gasteiger partial charge is 0.331 e. The maximum absolute atomic E-state index is 12.2. The van der Waals surface area contributed by atoms with E-state index in [-0.39, 0.29) is 5.78 Å². The van der Waals surface area contributed by atoms with Crippen molar-refractivity contribution >= 4 is 29.4 Å². The van der Waals surface area contributed by atoms with Gasteiger partial charge in [-0.15, -0.1) is 0 Å². The van der Waals surface area contributed by atoms with Crippen molar-refractivity contribution in [2.24, 2.45) is 0 Å². The number of hydrogen-bond acceptors (Lipinski definition) is 7. The SMILES string of the molecule is COc1ccc(C(=O)COC(=O)/C=C/c2cc(Cl)c(OC)c(OC)c2)cc1OC. The Hall–Kier alpha value is -3.19. The number of Topliss-reactive ketones (excluding diaryl/α,β-unsaturated/α-hetero) is 1.